The Morgan fingerprint density at radius 3 is 2.28 bits per heavy atom. The summed E-state index contributed by atoms with van der Waals surface area (Å²) in [4.78, 5) is 22.6. The highest BCUT2D eigenvalue weighted by molar-refractivity contribution is 9.10. The van der Waals surface area contributed by atoms with Crippen molar-refractivity contribution in [1.29, 1.82) is 0 Å². The molecule has 0 bridgehead atoms. The zero-order valence-electron chi connectivity index (χ0n) is 12.7. The SMILES string of the molecule is O=C(O)NCC1CCC(C(=O)NS(=O)(=O)c2c(Cl)sc(Cl)c2Br)CC1. The maximum Gasteiger partial charge on any atom is 0.404 e. The topological polar surface area (TPSA) is 113 Å². The molecule has 0 aliphatic heterocycles. The van der Waals surface area contributed by atoms with Crippen LogP contribution < -0.4 is 10.0 Å². The Balaban J connectivity index is 1.97. The molecule has 1 aliphatic carbocycles. The molecule has 0 radical (unpaired) electrons. The number of thiophene rings is 1. The number of amides is 2. The molecular weight excluding hydrogens is 479 g/mol. The average Bonchev–Trinajstić information content (AvgIpc) is 2.78. The first-order valence-electron chi connectivity index (χ1n) is 7.28. The summed E-state index contributed by atoms with van der Waals surface area (Å²) in [6, 6.07) is 0. The third-order valence-corrected chi connectivity index (χ3v) is 8.80. The lowest BCUT2D eigenvalue weighted by Gasteiger charge is -2.27. The van der Waals surface area contributed by atoms with E-state index in [1.54, 1.807) is 0 Å². The molecule has 1 saturated carbocycles. The van der Waals surface area contributed by atoms with Crippen LogP contribution in [-0.4, -0.2) is 32.1 Å². The van der Waals surface area contributed by atoms with Gasteiger partial charge in [0.25, 0.3) is 10.0 Å². The van der Waals surface area contributed by atoms with Crippen molar-refractivity contribution < 1.29 is 23.1 Å². The van der Waals surface area contributed by atoms with Crippen molar-refractivity contribution in [1.82, 2.24) is 10.0 Å². The van der Waals surface area contributed by atoms with Crippen LogP contribution in [0.25, 0.3) is 0 Å². The molecule has 1 aromatic rings. The highest BCUT2D eigenvalue weighted by Crippen LogP contribution is 2.43. The zero-order chi connectivity index (χ0) is 18.8. The van der Waals surface area contributed by atoms with Crippen molar-refractivity contribution in [3.8, 4) is 0 Å². The normalized spacial score (nSPS) is 20.9. The lowest BCUT2D eigenvalue weighted by Crippen LogP contribution is -2.38. The van der Waals surface area contributed by atoms with Crippen molar-refractivity contribution in [3.05, 3.63) is 13.1 Å². The van der Waals surface area contributed by atoms with E-state index in [-0.39, 0.29) is 24.0 Å². The van der Waals surface area contributed by atoms with Gasteiger partial charge in [0.1, 0.15) is 13.6 Å². The molecule has 12 heteroatoms. The van der Waals surface area contributed by atoms with Gasteiger partial charge in [-0.25, -0.2) is 17.9 Å². The van der Waals surface area contributed by atoms with E-state index in [4.69, 9.17) is 28.3 Å². The number of rotatable bonds is 5. The van der Waals surface area contributed by atoms with Crippen LogP contribution in [0.1, 0.15) is 25.7 Å². The molecule has 25 heavy (non-hydrogen) atoms. The second-order valence-corrected chi connectivity index (χ2v) is 10.3. The summed E-state index contributed by atoms with van der Waals surface area (Å²) in [5, 5.41) is 10.9. The second-order valence-electron chi connectivity index (χ2n) is 5.67. The van der Waals surface area contributed by atoms with Crippen molar-refractivity contribution in [2.24, 2.45) is 11.8 Å². The number of carbonyl (C=O) groups is 2. The van der Waals surface area contributed by atoms with Crippen molar-refractivity contribution in [2.45, 2.75) is 30.6 Å². The number of carbonyl (C=O) groups excluding carboxylic acids is 1. The van der Waals surface area contributed by atoms with Crippen LogP contribution in [0, 0.1) is 11.8 Å². The van der Waals surface area contributed by atoms with Crippen molar-refractivity contribution in [2.75, 3.05) is 6.54 Å². The van der Waals surface area contributed by atoms with Gasteiger partial charge in [-0.1, -0.05) is 23.2 Å². The maximum atomic E-state index is 12.4. The predicted octanol–water partition coefficient (Wildman–Crippen LogP) is 3.70. The van der Waals surface area contributed by atoms with Gasteiger partial charge in [0.05, 0.1) is 4.47 Å². The van der Waals surface area contributed by atoms with Gasteiger partial charge >= 0.3 is 6.09 Å². The van der Waals surface area contributed by atoms with Gasteiger partial charge in [0, 0.05) is 12.5 Å². The Hall–Kier alpha value is -0.550. The summed E-state index contributed by atoms with van der Waals surface area (Å²) < 4.78 is 27.2. The van der Waals surface area contributed by atoms with E-state index in [1.165, 1.54) is 0 Å². The minimum atomic E-state index is -4.13. The van der Waals surface area contributed by atoms with E-state index in [1.807, 2.05) is 0 Å². The molecule has 7 nitrogen and oxygen atoms in total. The number of sulfonamides is 1. The summed E-state index contributed by atoms with van der Waals surface area (Å²) >= 11 is 15.7. The summed E-state index contributed by atoms with van der Waals surface area (Å²) in [5.74, 6) is -0.881. The molecule has 3 N–H and O–H groups in total. The molecule has 1 heterocycles. The number of nitrogens with one attached hydrogen (secondary N) is 2. The van der Waals surface area contributed by atoms with Gasteiger partial charge in [-0.15, -0.1) is 11.3 Å². The van der Waals surface area contributed by atoms with Crippen LogP contribution in [0.3, 0.4) is 0 Å². The lowest BCUT2D eigenvalue weighted by atomic mass is 9.82. The van der Waals surface area contributed by atoms with Gasteiger partial charge in [0.15, 0.2) is 0 Å². The first kappa shape index (κ1) is 20.8. The van der Waals surface area contributed by atoms with Gasteiger partial charge < -0.3 is 10.4 Å². The molecule has 0 atom stereocenters. The first-order chi connectivity index (χ1) is 11.6. The number of hydrogen-bond donors (Lipinski definition) is 3. The highest BCUT2D eigenvalue weighted by atomic mass is 79.9. The number of carboxylic acid groups (broad SMARTS) is 1. The number of hydrogen-bond acceptors (Lipinski definition) is 5. The molecule has 1 aliphatic rings. The maximum absolute atomic E-state index is 12.4. The first-order valence-corrected chi connectivity index (χ1v) is 11.1. The summed E-state index contributed by atoms with van der Waals surface area (Å²) in [6.45, 7) is 0.331. The smallest absolute Gasteiger partial charge is 0.404 e. The van der Waals surface area contributed by atoms with Gasteiger partial charge in [-0.2, -0.15) is 0 Å². The van der Waals surface area contributed by atoms with Gasteiger partial charge in [0.2, 0.25) is 5.91 Å². The minimum Gasteiger partial charge on any atom is -0.465 e. The van der Waals surface area contributed by atoms with Gasteiger partial charge in [-0.05, 0) is 47.5 Å². The largest absolute Gasteiger partial charge is 0.465 e. The van der Waals surface area contributed by atoms with Crippen LogP contribution in [0.4, 0.5) is 4.79 Å². The van der Waals surface area contributed by atoms with Crippen molar-refractivity contribution in [3.63, 3.8) is 0 Å². The molecule has 1 aromatic heterocycles. The van der Waals surface area contributed by atoms with Crippen LogP contribution >= 0.6 is 50.5 Å². The van der Waals surface area contributed by atoms with E-state index in [0.29, 0.717) is 32.2 Å². The molecule has 140 valence electrons. The highest BCUT2D eigenvalue weighted by Gasteiger charge is 2.32. The average molecular weight is 494 g/mol. The summed E-state index contributed by atoms with van der Waals surface area (Å²) in [5.41, 5.74) is 0. The monoisotopic (exact) mass is 492 g/mol. The van der Waals surface area contributed by atoms with Crippen LogP contribution in [0.2, 0.25) is 8.67 Å². The quantitative estimate of drug-likeness (QED) is 0.578. The zero-order valence-corrected chi connectivity index (χ0v) is 17.5. The Morgan fingerprint density at radius 1 is 1.20 bits per heavy atom. The second kappa shape index (κ2) is 8.43. The fourth-order valence-corrected chi connectivity index (χ4v) is 7.30. The van der Waals surface area contributed by atoms with E-state index >= 15 is 0 Å². The third kappa shape index (κ3) is 5.22. The fraction of sp³-hybridized carbons (Fsp3) is 0.538. The minimum absolute atomic E-state index is 0.0272. The lowest BCUT2D eigenvalue weighted by molar-refractivity contribution is -0.124. The molecule has 1 fully saturated rings. The van der Waals surface area contributed by atoms with Crippen LogP contribution in [-0.2, 0) is 14.8 Å². The molecule has 2 rings (SSSR count). The van der Waals surface area contributed by atoms with E-state index in [2.05, 4.69) is 26.0 Å². The van der Waals surface area contributed by atoms with Crippen LogP contribution in [0.15, 0.2) is 9.37 Å². The Bertz CT molecular complexity index is 776. The molecule has 0 unspecified atom stereocenters. The van der Waals surface area contributed by atoms with E-state index in [0.717, 1.165) is 11.3 Å². The number of halogens is 3. The molecule has 0 aromatic carbocycles. The standard InChI is InChI=1S/C13H15BrCl2N2O5S2/c14-8-9(11(16)24-10(8)15)25(22,23)18-12(19)7-3-1-6(2-4-7)5-17-13(20)21/h6-7,17H,1-5H2,(H,18,19)(H,20,21). The molecule has 0 saturated heterocycles. The summed E-state index contributed by atoms with van der Waals surface area (Å²) in [6.07, 6.45) is 1.20. The van der Waals surface area contributed by atoms with E-state index in [9.17, 15) is 18.0 Å². The van der Waals surface area contributed by atoms with E-state index < -0.39 is 27.9 Å². The third-order valence-electron chi connectivity index (χ3n) is 3.99. The Labute approximate surface area is 167 Å². The molecule has 2 amide bonds. The molecular formula is C13H15BrCl2N2O5S2. The van der Waals surface area contributed by atoms with Gasteiger partial charge in [-0.3, -0.25) is 4.79 Å². The Morgan fingerprint density at radius 2 is 1.80 bits per heavy atom. The molecule has 0 spiro atoms. The predicted molar refractivity (Wildman–Crippen MR) is 98.8 cm³/mol. The Kier molecular flexibility index (Phi) is 7.00. The van der Waals surface area contributed by atoms with Crippen molar-refractivity contribution >= 4 is 72.5 Å². The fourth-order valence-electron chi connectivity index (χ4n) is 2.70. The summed E-state index contributed by atoms with van der Waals surface area (Å²) in [7, 11) is -4.13. The van der Waals surface area contributed by atoms with Crippen LogP contribution in [0.5, 0.6) is 0 Å².